The molecule has 0 aliphatic heterocycles. The highest BCUT2D eigenvalue weighted by Gasteiger charge is 2.28. The molecule has 2 rings (SSSR count). The zero-order valence-corrected chi connectivity index (χ0v) is 6.95. The van der Waals surface area contributed by atoms with Crippen LogP contribution in [0.4, 0.5) is 0 Å². The van der Waals surface area contributed by atoms with Gasteiger partial charge in [0.15, 0.2) is 0 Å². The van der Waals surface area contributed by atoms with Crippen molar-refractivity contribution in [2.75, 3.05) is 0 Å². The predicted molar refractivity (Wildman–Crippen MR) is 48.9 cm³/mol. The number of fused-ring (bicyclic) bond motifs is 1. The topological polar surface area (TPSA) is 17.1 Å². The second-order valence-electron chi connectivity index (χ2n) is 3.32. The van der Waals surface area contributed by atoms with Crippen LogP contribution in [0.15, 0.2) is 30.3 Å². The van der Waals surface area contributed by atoms with Crippen molar-refractivity contribution in [1.82, 2.24) is 0 Å². The molecule has 0 fully saturated rings. The molecule has 60 valence electrons. The van der Waals surface area contributed by atoms with E-state index in [2.05, 4.69) is 0 Å². The summed E-state index contributed by atoms with van der Waals surface area (Å²) < 4.78 is 0. The van der Waals surface area contributed by atoms with Crippen molar-refractivity contribution in [3.05, 3.63) is 41.5 Å². The summed E-state index contributed by atoms with van der Waals surface area (Å²) >= 11 is 0. The van der Waals surface area contributed by atoms with Crippen molar-refractivity contribution in [1.29, 1.82) is 0 Å². The summed E-state index contributed by atoms with van der Waals surface area (Å²) in [7, 11) is 0. The molecule has 12 heavy (non-hydrogen) atoms. The first-order valence-electron chi connectivity index (χ1n) is 4.01. The van der Waals surface area contributed by atoms with E-state index >= 15 is 0 Å². The highest BCUT2D eigenvalue weighted by atomic mass is 16.1. The summed E-state index contributed by atoms with van der Waals surface area (Å²) in [4.78, 5) is 10.8. The highest BCUT2D eigenvalue weighted by Crippen LogP contribution is 2.33. The van der Waals surface area contributed by atoms with Gasteiger partial charge in [-0.2, -0.15) is 0 Å². The standard InChI is InChI=1S/C11H10O/c1-11(8-12)7-6-9-4-2-3-5-10(9)11/h2-8H,1H3. The first-order valence-corrected chi connectivity index (χ1v) is 4.01. The molecule has 1 unspecified atom stereocenters. The van der Waals surface area contributed by atoms with Gasteiger partial charge < -0.3 is 4.79 Å². The fourth-order valence-corrected chi connectivity index (χ4v) is 1.59. The summed E-state index contributed by atoms with van der Waals surface area (Å²) in [5, 5.41) is 0. The van der Waals surface area contributed by atoms with Crippen LogP contribution in [0.25, 0.3) is 6.08 Å². The van der Waals surface area contributed by atoms with Crippen LogP contribution < -0.4 is 0 Å². The Bertz CT molecular complexity index is 352. The van der Waals surface area contributed by atoms with Crippen molar-refractivity contribution in [3.63, 3.8) is 0 Å². The van der Waals surface area contributed by atoms with E-state index in [1.807, 2.05) is 43.3 Å². The van der Waals surface area contributed by atoms with E-state index in [-0.39, 0.29) is 0 Å². The summed E-state index contributed by atoms with van der Waals surface area (Å²) in [5.41, 5.74) is 1.88. The Hall–Kier alpha value is -1.37. The van der Waals surface area contributed by atoms with Gasteiger partial charge in [-0.05, 0) is 18.1 Å². The zero-order valence-electron chi connectivity index (χ0n) is 6.95. The van der Waals surface area contributed by atoms with Crippen LogP contribution in [0.3, 0.4) is 0 Å². The molecule has 0 N–H and O–H groups in total. The Morgan fingerprint density at radius 3 is 2.83 bits per heavy atom. The van der Waals surface area contributed by atoms with Gasteiger partial charge in [-0.25, -0.2) is 0 Å². The predicted octanol–water partition coefficient (Wildman–Crippen LogP) is 2.17. The van der Waals surface area contributed by atoms with Crippen molar-refractivity contribution >= 4 is 12.4 Å². The van der Waals surface area contributed by atoms with E-state index in [4.69, 9.17) is 0 Å². The largest absolute Gasteiger partial charge is 0.302 e. The maximum atomic E-state index is 10.8. The van der Waals surface area contributed by atoms with E-state index in [0.29, 0.717) is 0 Å². The minimum atomic E-state index is -0.392. The summed E-state index contributed by atoms with van der Waals surface area (Å²) in [6, 6.07) is 7.98. The second-order valence-corrected chi connectivity index (χ2v) is 3.32. The van der Waals surface area contributed by atoms with Gasteiger partial charge in [0.25, 0.3) is 0 Å². The molecule has 1 aliphatic carbocycles. The summed E-state index contributed by atoms with van der Waals surface area (Å²) in [6.45, 7) is 1.93. The normalized spacial score (nSPS) is 25.4. The Morgan fingerprint density at radius 2 is 2.08 bits per heavy atom. The number of benzene rings is 1. The fourth-order valence-electron chi connectivity index (χ4n) is 1.59. The minimum absolute atomic E-state index is 0.392. The number of carbonyl (C=O) groups excluding carboxylic acids is 1. The Morgan fingerprint density at radius 1 is 1.33 bits per heavy atom. The lowest BCUT2D eigenvalue weighted by Crippen LogP contribution is -2.18. The molecule has 0 radical (unpaired) electrons. The molecule has 0 saturated heterocycles. The highest BCUT2D eigenvalue weighted by molar-refractivity contribution is 5.81. The molecule has 1 aliphatic rings. The monoisotopic (exact) mass is 158 g/mol. The Balaban J connectivity index is 2.63. The van der Waals surface area contributed by atoms with Crippen molar-refractivity contribution in [3.8, 4) is 0 Å². The van der Waals surface area contributed by atoms with E-state index in [1.165, 1.54) is 0 Å². The van der Waals surface area contributed by atoms with Crippen molar-refractivity contribution < 1.29 is 4.79 Å². The molecular formula is C11H10O. The maximum Gasteiger partial charge on any atom is 0.134 e. The number of carbonyl (C=O) groups is 1. The molecular weight excluding hydrogens is 148 g/mol. The third-order valence-corrected chi connectivity index (χ3v) is 2.40. The first kappa shape index (κ1) is 7.29. The van der Waals surface area contributed by atoms with Crippen LogP contribution in [-0.2, 0) is 10.2 Å². The maximum absolute atomic E-state index is 10.8. The van der Waals surface area contributed by atoms with Crippen LogP contribution in [0.1, 0.15) is 18.1 Å². The lowest BCUT2D eigenvalue weighted by atomic mass is 9.87. The molecule has 0 amide bonds. The van der Waals surface area contributed by atoms with Gasteiger partial charge in [0.05, 0.1) is 5.41 Å². The summed E-state index contributed by atoms with van der Waals surface area (Å²) in [6.07, 6.45) is 4.95. The molecule has 1 nitrogen and oxygen atoms in total. The quantitative estimate of drug-likeness (QED) is 0.572. The van der Waals surface area contributed by atoms with Gasteiger partial charge in [0.2, 0.25) is 0 Å². The number of rotatable bonds is 1. The molecule has 1 aromatic rings. The van der Waals surface area contributed by atoms with Crippen LogP contribution in [0, 0.1) is 0 Å². The SMILES string of the molecule is CC1(C=O)C=Cc2ccccc21. The van der Waals surface area contributed by atoms with Gasteiger partial charge >= 0.3 is 0 Å². The molecule has 0 bridgehead atoms. The van der Waals surface area contributed by atoms with Gasteiger partial charge in [-0.15, -0.1) is 0 Å². The van der Waals surface area contributed by atoms with Gasteiger partial charge in [-0.3, -0.25) is 0 Å². The molecule has 1 atom stereocenters. The lowest BCUT2D eigenvalue weighted by Gasteiger charge is -2.15. The molecule has 1 aromatic carbocycles. The first-order chi connectivity index (χ1) is 5.76. The second kappa shape index (κ2) is 2.31. The molecule has 0 spiro atoms. The van der Waals surface area contributed by atoms with Crippen molar-refractivity contribution in [2.45, 2.75) is 12.3 Å². The zero-order chi connectivity index (χ0) is 8.60. The van der Waals surface area contributed by atoms with E-state index in [1.54, 1.807) is 0 Å². The number of allylic oxidation sites excluding steroid dienone is 1. The average molecular weight is 158 g/mol. The van der Waals surface area contributed by atoms with E-state index in [0.717, 1.165) is 17.4 Å². The lowest BCUT2D eigenvalue weighted by molar-refractivity contribution is -0.110. The Kier molecular flexibility index (Phi) is 1.40. The van der Waals surface area contributed by atoms with Crippen LogP contribution in [0.5, 0.6) is 0 Å². The third kappa shape index (κ3) is 0.828. The molecule has 0 saturated carbocycles. The third-order valence-electron chi connectivity index (χ3n) is 2.40. The average Bonchev–Trinajstić information content (AvgIpc) is 2.46. The Labute approximate surface area is 71.7 Å². The fraction of sp³-hybridized carbons (Fsp3) is 0.182. The van der Waals surface area contributed by atoms with Crippen molar-refractivity contribution in [2.24, 2.45) is 0 Å². The van der Waals surface area contributed by atoms with Gasteiger partial charge in [0.1, 0.15) is 6.29 Å². The number of hydrogen-bond donors (Lipinski definition) is 0. The van der Waals surface area contributed by atoms with Gasteiger partial charge in [0, 0.05) is 0 Å². The van der Waals surface area contributed by atoms with Gasteiger partial charge in [-0.1, -0.05) is 36.4 Å². The van der Waals surface area contributed by atoms with E-state index in [9.17, 15) is 4.79 Å². The molecule has 0 aromatic heterocycles. The summed E-state index contributed by atoms with van der Waals surface area (Å²) in [5.74, 6) is 0. The van der Waals surface area contributed by atoms with Crippen LogP contribution >= 0.6 is 0 Å². The molecule has 1 heteroatoms. The van der Waals surface area contributed by atoms with Crippen LogP contribution in [-0.4, -0.2) is 6.29 Å². The minimum Gasteiger partial charge on any atom is -0.302 e. The van der Waals surface area contributed by atoms with Crippen LogP contribution in [0.2, 0.25) is 0 Å². The number of hydrogen-bond acceptors (Lipinski definition) is 1. The van der Waals surface area contributed by atoms with E-state index < -0.39 is 5.41 Å². The molecule has 0 heterocycles. The number of aldehydes is 1. The smallest absolute Gasteiger partial charge is 0.134 e.